The Bertz CT molecular complexity index is 354. The predicted octanol–water partition coefficient (Wildman–Crippen LogP) is 3.19. The minimum Gasteiger partial charge on any atom is -0.306 e. The summed E-state index contributed by atoms with van der Waals surface area (Å²) in [5, 5.41) is 0. The smallest absolute Gasteiger partial charge is 0.0457 e. The number of nitrogens with zero attached hydrogens (tertiary/aromatic N) is 2. The lowest BCUT2D eigenvalue weighted by molar-refractivity contribution is 0.255. The molecule has 1 aromatic heterocycles. The second-order valence-corrected chi connectivity index (χ2v) is 6.30. The van der Waals surface area contributed by atoms with Crippen LogP contribution in [-0.4, -0.2) is 30.0 Å². The van der Waals surface area contributed by atoms with Crippen molar-refractivity contribution in [1.82, 2.24) is 9.88 Å². The number of rotatable bonds is 1. The van der Waals surface area contributed by atoms with Crippen molar-refractivity contribution >= 4 is 0 Å². The van der Waals surface area contributed by atoms with E-state index in [0.717, 1.165) is 0 Å². The van der Waals surface area contributed by atoms with Crippen molar-refractivity contribution in [2.24, 2.45) is 0 Å². The summed E-state index contributed by atoms with van der Waals surface area (Å²) in [6.07, 6.45) is 4.64. The lowest BCUT2D eigenvalue weighted by Gasteiger charge is -2.29. The molecule has 94 valence electrons. The summed E-state index contributed by atoms with van der Waals surface area (Å²) in [5.74, 6) is 0.715. The van der Waals surface area contributed by atoms with E-state index in [1.165, 1.54) is 37.2 Å². The second-order valence-electron chi connectivity index (χ2n) is 6.30. The molecule has 17 heavy (non-hydrogen) atoms. The minimum absolute atomic E-state index is 0.158. The van der Waals surface area contributed by atoms with Crippen LogP contribution in [0.4, 0.5) is 0 Å². The van der Waals surface area contributed by atoms with Gasteiger partial charge in [-0.25, -0.2) is 0 Å². The summed E-state index contributed by atoms with van der Waals surface area (Å²) in [4.78, 5) is 7.04. The van der Waals surface area contributed by atoms with Gasteiger partial charge in [0, 0.05) is 17.3 Å². The second kappa shape index (κ2) is 4.77. The van der Waals surface area contributed by atoms with Crippen molar-refractivity contribution in [1.29, 1.82) is 0 Å². The molecule has 1 aliphatic heterocycles. The number of likely N-dealkylation sites (tertiary alicyclic amines) is 1. The highest BCUT2D eigenvalue weighted by Gasteiger charge is 2.20. The van der Waals surface area contributed by atoms with Gasteiger partial charge < -0.3 is 4.90 Å². The van der Waals surface area contributed by atoms with Crippen LogP contribution in [0, 0.1) is 0 Å². The SMILES string of the molecule is CN1CCC(c2ccc(C(C)(C)C)nc2)CC1. The van der Waals surface area contributed by atoms with Gasteiger partial charge in [-0.3, -0.25) is 4.98 Å². The first kappa shape index (κ1) is 12.6. The zero-order valence-corrected chi connectivity index (χ0v) is 11.5. The Kier molecular flexibility index (Phi) is 3.53. The highest BCUT2D eigenvalue weighted by molar-refractivity contribution is 5.22. The van der Waals surface area contributed by atoms with E-state index in [-0.39, 0.29) is 5.41 Å². The largest absolute Gasteiger partial charge is 0.306 e. The molecule has 2 heterocycles. The number of hydrogen-bond acceptors (Lipinski definition) is 2. The van der Waals surface area contributed by atoms with Crippen molar-refractivity contribution < 1.29 is 0 Å². The topological polar surface area (TPSA) is 16.1 Å². The Morgan fingerprint density at radius 3 is 2.29 bits per heavy atom. The molecule has 2 rings (SSSR count). The van der Waals surface area contributed by atoms with E-state index in [1.54, 1.807) is 0 Å². The van der Waals surface area contributed by atoms with Crippen LogP contribution in [0.3, 0.4) is 0 Å². The van der Waals surface area contributed by atoms with Gasteiger partial charge in [0.05, 0.1) is 0 Å². The highest BCUT2D eigenvalue weighted by atomic mass is 15.1. The molecule has 0 N–H and O–H groups in total. The summed E-state index contributed by atoms with van der Waals surface area (Å²) in [6.45, 7) is 9.07. The maximum absolute atomic E-state index is 4.63. The van der Waals surface area contributed by atoms with Crippen LogP contribution in [-0.2, 0) is 5.41 Å². The Morgan fingerprint density at radius 1 is 1.18 bits per heavy atom. The minimum atomic E-state index is 0.158. The zero-order chi connectivity index (χ0) is 12.5. The van der Waals surface area contributed by atoms with E-state index in [2.05, 4.69) is 56.0 Å². The lowest BCUT2D eigenvalue weighted by atomic mass is 9.88. The number of pyridine rings is 1. The third-order valence-electron chi connectivity index (χ3n) is 3.74. The molecule has 2 nitrogen and oxygen atoms in total. The van der Waals surface area contributed by atoms with Gasteiger partial charge in [-0.1, -0.05) is 26.8 Å². The highest BCUT2D eigenvalue weighted by Crippen LogP contribution is 2.28. The Hall–Kier alpha value is -0.890. The molecule has 0 unspecified atom stereocenters. The average molecular weight is 232 g/mol. The van der Waals surface area contributed by atoms with Crippen molar-refractivity contribution in [3.05, 3.63) is 29.6 Å². The third kappa shape index (κ3) is 3.06. The summed E-state index contributed by atoms with van der Waals surface area (Å²) < 4.78 is 0. The molecule has 0 bridgehead atoms. The van der Waals surface area contributed by atoms with Gasteiger partial charge in [0.2, 0.25) is 0 Å². The first-order valence-corrected chi connectivity index (χ1v) is 6.62. The molecular formula is C15H24N2. The van der Waals surface area contributed by atoms with Gasteiger partial charge >= 0.3 is 0 Å². The molecule has 0 aliphatic carbocycles. The Labute approximate surface area is 105 Å². The summed E-state index contributed by atoms with van der Waals surface area (Å²) in [6, 6.07) is 4.48. The van der Waals surface area contributed by atoms with Crippen molar-refractivity contribution in [3.8, 4) is 0 Å². The molecule has 2 heteroatoms. The monoisotopic (exact) mass is 232 g/mol. The van der Waals surface area contributed by atoms with E-state index in [4.69, 9.17) is 0 Å². The summed E-state index contributed by atoms with van der Waals surface area (Å²) >= 11 is 0. The molecule has 1 fully saturated rings. The molecule has 0 spiro atoms. The van der Waals surface area contributed by atoms with Crippen LogP contribution in [0.5, 0.6) is 0 Å². The molecule has 0 saturated carbocycles. The van der Waals surface area contributed by atoms with Crippen LogP contribution >= 0.6 is 0 Å². The molecule has 1 saturated heterocycles. The fourth-order valence-electron chi connectivity index (χ4n) is 2.43. The molecule has 0 amide bonds. The van der Waals surface area contributed by atoms with E-state index in [9.17, 15) is 0 Å². The van der Waals surface area contributed by atoms with E-state index in [1.807, 2.05) is 0 Å². The Morgan fingerprint density at radius 2 is 1.82 bits per heavy atom. The van der Waals surface area contributed by atoms with Gasteiger partial charge in [-0.05, 0) is 50.5 Å². The Balaban J connectivity index is 2.08. The lowest BCUT2D eigenvalue weighted by Crippen LogP contribution is -2.29. The first-order valence-electron chi connectivity index (χ1n) is 6.62. The van der Waals surface area contributed by atoms with Crippen molar-refractivity contribution in [2.75, 3.05) is 20.1 Å². The molecule has 0 atom stereocenters. The molecule has 1 aromatic rings. The molecule has 0 aromatic carbocycles. The van der Waals surface area contributed by atoms with Crippen LogP contribution < -0.4 is 0 Å². The number of hydrogen-bond donors (Lipinski definition) is 0. The fourth-order valence-corrected chi connectivity index (χ4v) is 2.43. The van der Waals surface area contributed by atoms with Crippen LogP contribution in [0.15, 0.2) is 18.3 Å². The predicted molar refractivity (Wildman–Crippen MR) is 72.4 cm³/mol. The normalized spacial score (nSPS) is 19.5. The van der Waals surface area contributed by atoms with Gasteiger partial charge in [0.1, 0.15) is 0 Å². The van der Waals surface area contributed by atoms with Gasteiger partial charge in [-0.15, -0.1) is 0 Å². The molecule has 0 radical (unpaired) electrons. The van der Waals surface area contributed by atoms with Crippen LogP contribution in [0.2, 0.25) is 0 Å². The first-order chi connectivity index (χ1) is 7.97. The average Bonchev–Trinajstić information content (AvgIpc) is 2.29. The van der Waals surface area contributed by atoms with Crippen molar-refractivity contribution in [2.45, 2.75) is 44.9 Å². The van der Waals surface area contributed by atoms with Gasteiger partial charge in [0.25, 0.3) is 0 Å². The zero-order valence-electron chi connectivity index (χ0n) is 11.5. The van der Waals surface area contributed by atoms with Crippen molar-refractivity contribution in [3.63, 3.8) is 0 Å². The number of aromatic nitrogens is 1. The quantitative estimate of drug-likeness (QED) is 0.739. The van der Waals surface area contributed by atoms with E-state index < -0.39 is 0 Å². The fraction of sp³-hybridized carbons (Fsp3) is 0.667. The number of piperidine rings is 1. The van der Waals surface area contributed by atoms with Gasteiger partial charge in [-0.2, -0.15) is 0 Å². The maximum Gasteiger partial charge on any atom is 0.0457 e. The van der Waals surface area contributed by atoms with E-state index in [0.29, 0.717) is 5.92 Å². The maximum atomic E-state index is 4.63. The van der Waals surface area contributed by atoms with Gasteiger partial charge in [0.15, 0.2) is 0 Å². The van der Waals surface area contributed by atoms with Crippen LogP contribution in [0.1, 0.15) is 50.8 Å². The third-order valence-corrected chi connectivity index (χ3v) is 3.74. The molecular weight excluding hydrogens is 208 g/mol. The standard InChI is InChI=1S/C15H24N2/c1-15(2,3)14-6-5-13(11-16-14)12-7-9-17(4)10-8-12/h5-6,11-12H,7-10H2,1-4H3. The van der Waals surface area contributed by atoms with Crippen LogP contribution in [0.25, 0.3) is 0 Å². The van der Waals surface area contributed by atoms with E-state index >= 15 is 0 Å². The summed E-state index contributed by atoms with van der Waals surface area (Å²) in [5.41, 5.74) is 2.77. The summed E-state index contributed by atoms with van der Waals surface area (Å²) in [7, 11) is 2.21. The molecule has 1 aliphatic rings.